The topological polar surface area (TPSA) is 120 Å². The van der Waals surface area contributed by atoms with E-state index in [0.717, 1.165) is 34.3 Å². The molecule has 9 nitrogen and oxygen atoms in total. The van der Waals surface area contributed by atoms with Crippen LogP contribution in [-0.2, 0) is 6.54 Å². The Morgan fingerprint density at radius 3 is 2.38 bits per heavy atom. The van der Waals surface area contributed by atoms with Gasteiger partial charge in [0.2, 0.25) is 0 Å². The van der Waals surface area contributed by atoms with Gasteiger partial charge < -0.3 is 15.0 Å². The van der Waals surface area contributed by atoms with Gasteiger partial charge in [-0.2, -0.15) is 0 Å². The van der Waals surface area contributed by atoms with Crippen molar-refractivity contribution in [2.45, 2.75) is 92.2 Å². The van der Waals surface area contributed by atoms with Gasteiger partial charge in [-0.05, 0) is 61.3 Å². The lowest BCUT2D eigenvalue weighted by Gasteiger charge is -2.32. The summed E-state index contributed by atoms with van der Waals surface area (Å²) in [5.41, 5.74) is 2.02. The third-order valence-corrected chi connectivity index (χ3v) is 8.41. The van der Waals surface area contributed by atoms with Gasteiger partial charge in [-0.15, -0.1) is 0 Å². The fourth-order valence-electron chi connectivity index (χ4n) is 5.28. The molecule has 1 atom stereocenters. The lowest BCUT2D eigenvalue weighted by atomic mass is 9.80. The van der Waals surface area contributed by atoms with Crippen LogP contribution in [-0.4, -0.2) is 54.5 Å². The molecular formula is C28H43N7O2. The number of anilines is 1. The van der Waals surface area contributed by atoms with E-state index in [1.165, 1.54) is 52.0 Å². The molecule has 0 aromatic carbocycles. The molecule has 4 rings (SSSR count). The quantitative estimate of drug-likeness (QED) is 0.300. The number of amides is 1. The first-order chi connectivity index (χ1) is 17.4. The number of aromatic nitrogens is 4. The number of rotatable bonds is 7. The molecule has 37 heavy (non-hydrogen) atoms. The predicted octanol–water partition coefficient (Wildman–Crippen LogP) is 6.25. The molecule has 3 N–H and O–H groups in total. The molecule has 0 spiro atoms. The normalized spacial score (nSPS) is 21.4. The molecule has 2 aliphatic carbocycles. The molecule has 0 bridgehead atoms. The summed E-state index contributed by atoms with van der Waals surface area (Å²) in [6.07, 6.45) is 7.18. The van der Waals surface area contributed by atoms with Gasteiger partial charge in [0, 0.05) is 19.6 Å². The smallest absolute Gasteiger partial charge is 0.412 e. The molecule has 2 aromatic heterocycles. The lowest BCUT2D eigenvalue weighted by molar-refractivity contribution is 0.175. The number of hydrogen-bond donors (Lipinski definition) is 3. The highest BCUT2D eigenvalue weighted by molar-refractivity contribution is 6.03. The highest BCUT2D eigenvalue weighted by Crippen LogP contribution is 2.38. The number of carboxylic acid groups (broad SMARTS) is 1. The van der Waals surface area contributed by atoms with Crippen molar-refractivity contribution < 1.29 is 9.90 Å². The van der Waals surface area contributed by atoms with Crippen LogP contribution in [0.2, 0.25) is 0 Å². The number of nitrogens with zero attached hydrogens (tertiary/aromatic N) is 5. The van der Waals surface area contributed by atoms with Crippen LogP contribution in [0.4, 0.5) is 10.6 Å². The van der Waals surface area contributed by atoms with Gasteiger partial charge in [0.15, 0.2) is 23.1 Å². The second-order valence-electron chi connectivity index (χ2n) is 12.3. The Hall–Kier alpha value is -2.97. The third kappa shape index (κ3) is 5.65. The predicted molar refractivity (Wildman–Crippen MR) is 148 cm³/mol. The number of amidine groups is 1. The molecule has 0 aliphatic heterocycles. The summed E-state index contributed by atoms with van der Waals surface area (Å²) < 4.78 is 2.24. The molecule has 2 saturated carbocycles. The van der Waals surface area contributed by atoms with Gasteiger partial charge in [0.25, 0.3) is 0 Å². The van der Waals surface area contributed by atoms with E-state index < -0.39 is 6.09 Å². The van der Waals surface area contributed by atoms with Gasteiger partial charge in [-0.25, -0.2) is 19.7 Å². The van der Waals surface area contributed by atoms with Crippen LogP contribution in [0.5, 0.6) is 0 Å². The van der Waals surface area contributed by atoms with Crippen molar-refractivity contribution in [2.24, 2.45) is 23.2 Å². The number of nitrogens with one attached hydrogen (secondary N) is 2. The minimum atomic E-state index is -1.23. The van der Waals surface area contributed by atoms with Crippen LogP contribution < -0.4 is 5.32 Å². The van der Waals surface area contributed by atoms with E-state index in [2.05, 4.69) is 56.1 Å². The maximum Gasteiger partial charge on any atom is 0.412 e. The van der Waals surface area contributed by atoms with Crippen LogP contribution in [0.1, 0.15) is 91.2 Å². The van der Waals surface area contributed by atoms with E-state index in [1.807, 2.05) is 0 Å². The number of imidazole rings is 1. The zero-order valence-corrected chi connectivity index (χ0v) is 23.3. The van der Waals surface area contributed by atoms with Gasteiger partial charge in [-0.3, -0.25) is 10.3 Å². The monoisotopic (exact) mass is 509 g/mol. The van der Waals surface area contributed by atoms with E-state index >= 15 is 0 Å². The van der Waals surface area contributed by atoms with Crippen molar-refractivity contribution in [1.82, 2.24) is 24.4 Å². The van der Waals surface area contributed by atoms with Crippen LogP contribution >= 0.6 is 0 Å². The van der Waals surface area contributed by atoms with E-state index in [9.17, 15) is 9.90 Å². The first-order valence-corrected chi connectivity index (χ1v) is 13.7. The summed E-state index contributed by atoms with van der Waals surface area (Å²) in [5.74, 6) is 3.05. The van der Waals surface area contributed by atoms with E-state index in [1.54, 1.807) is 0 Å². The highest BCUT2D eigenvalue weighted by atomic mass is 16.4. The Morgan fingerprint density at radius 2 is 1.84 bits per heavy atom. The Bertz CT molecular complexity index is 1180. The summed E-state index contributed by atoms with van der Waals surface area (Å²) in [7, 11) is 1.33. The summed E-state index contributed by atoms with van der Waals surface area (Å²) in [5, 5.41) is 21.5. The minimum absolute atomic E-state index is 0.0461. The lowest BCUT2D eigenvalue weighted by Crippen LogP contribution is -2.34. The number of allylic oxidation sites excluding steroid dienone is 1. The number of fused-ring (bicyclic) bond motifs is 1. The zero-order chi connectivity index (χ0) is 27.1. The van der Waals surface area contributed by atoms with Crippen molar-refractivity contribution in [2.75, 3.05) is 12.4 Å². The average molecular weight is 510 g/mol. The molecule has 0 saturated heterocycles. The van der Waals surface area contributed by atoms with Gasteiger partial charge in [0.1, 0.15) is 11.3 Å². The van der Waals surface area contributed by atoms with Crippen LogP contribution in [0.3, 0.4) is 0 Å². The van der Waals surface area contributed by atoms with Gasteiger partial charge in [0.05, 0.1) is 0 Å². The Balaban J connectivity index is 1.87. The van der Waals surface area contributed by atoms with Gasteiger partial charge in [-0.1, -0.05) is 53.5 Å². The van der Waals surface area contributed by atoms with E-state index in [4.69, 9.17) is 15.4 Å². The Labute approximate surface area is 220 Å². The second kappa shape index (κ2) is 10.4. The van der Waals surface area contributed by atoms with Crippen molar-refractivity contribution >= 4 is 34.5 Å². The molecule has 2 aliphatic rings. The summed E-state index contributed by atoms with van der Waals surface area (Å²) in [6, 6.07) is 0.194. The first kappa shape index (κ1) is 27.1. The third-order valence-electron chi connectivity index (χ3n) is 8.41. The fraction of sp³-hybridized carbons (Fsp3) is 0.679. The van der Waals surface area contributed by atoms with Crippen molar-refractivity contribution in [3.05, 3.63) is 18.2 Å². The molecule has 1 unspecified atom stereocenters. The maximum absolute atomic E-state index is 11.6. The molecular weight excluding hydrogens is 466 g/mol. The second-order valence-corrected chi connectivity index (χ2v) is 12.3. The molecule has 202 valence electrons. The summed E-state index contributed by atoms with van der Waals surface area (Å²) >= 11 is 0. The van der Waals surface area contributed by atoms with Crippen molar-refractivity contribution in [1.29, 1.82) is 5.41 Å². The first-order valence-electron chi connectivity index (χ1n) is 13.7. The van der Waals surface area contributed by atoms with Crippen LogP contribution in [0.25, 0.3) is 16.7 Å². The average Bonchev–Trinajstić information content (AvgIpc) is 3.15. The van der Waals surface area contributed by atoms with E-state index in [-0.39, 0.29) is 23.1 Å². The molecule has 9 heteroatoms. The highest BCUT2D eigenvalue weighted by Gasteiger charge is 2.31. The summed E-state index contributed by atoms with van der Waals surface area (Å²) in [4.78, 5) is 26.7. The maximum atomic E-state index is 11.6. The molecule has 2 aromatic rings. The van der Waals surface area contributed by atoms with Crippen LogP contribution in [0.15, 0.2) is 6.58 Å². The largest absolute Gasteiger partial charge is 0.465 e. The van der Waals surface area contributed by atoms with E-state index in [0.29, 0.717) is 23.3 Å². The van der Waals surface area contributed by atoms with Crippen molar-refractivity contribution in [3.63, 3.8) is 0 Å². The SMILES string of the molecule is C=C(c1nc2nc(C(=N)N(C)C(=O)O)nc(NC(C)C3CCC3)c2n1CC1CCC(C)CC1)C(C)(C)C. The van der Waals surface area contributed by atoms with Crippen LogP contribution in [0, 0.1) is 28.6 Å². The molecule has 2 fully saturated rings. The zero-order valence-electron chi connectivity index (χ0n) is 23.3. The number of carbonyl (C=O) groups is 1. The minimum Gasteiger partial charge on any atom is -0.465 e. The molecule has 0 radical (unpaired) electrons. The fourth-order valence-corrected chi connectivity index (χ4v) is 5.28. The Kier molecular flexibility index (Phi) is 7.62. The van der Waals surface area contributed by atoms with Gasteiger partial charge >= 0.3 is 6.09 Å². The van der Waals surface area contributed by atoms with Crippen molar-refractivity contribution in [3.8, 4) is 0 Å². The standard InChI is InChI=1S/C28H43N7O2/c1-16-11-13-19(14-12-16)15-35-21-23(30-18(3)20-9-8-10-20)31-25(22(29)34(7)27(36)37)32-24(21)33-26(35)17(2)28(4,5)6/h16,18-20,29H,2,8-15H2,1,3-7H3,(H,36,37)(H,30,31,32). The Morgan fingerprint density at radius 1 is 1.19 bits per heavy atom. The molecule has 2 heterocycles. The number of hydrogen-bond acceptors (Lipinski definition) is 6. The molecule has 1 amide bonds. The summed E-state index contributed by atoms with van der Waals surface area (Å²) in [6.45, 7) is 16.1.